The molecule has 1 saturated heterocycles. The first-order valence-electron chi connectivity index (χ1n) is 11.4. The van der Waals surface area contributed by atoms with Crippen LogP contribution in [0.3, 0.4) is 0 Å². The number of β-lactam (4-membered cyclic amide) rings is 1. The van der Waals surface area contributed by atoms with E-state index in [0.717, 1.165) is 23.1 Å². The Morgan fingerprint density at radius 3 is 2.85 bits per heavy atom. The van der Waals surface area contributed by atoms with Gasteiger partial charge >= 0.3 is 5.16 Å². The summed E-state index contributed by atoms with van der Waals surface area (Å²) >= 11 is 3.78. The molecule has 0 aliphatic carbocycles. The van der Waals surface area contributed by atoms with Crippen LogP contribution in [0.25, 0.3) is 0 Å². The molecule has 0 spiro atoms. The number of nitrogens with two attached hydrogens (primary N) is 3. The molecule has 2 aromatic rings. The molecule has 4 heterocycles. The summed E-state index contributed by atoms with van der Waals surface area (Å²) in [6.45, 7) is 5.29. The van der Waals surface area contributed by atoms with Crippen molar-refractivity contribution in [2.45, 2.75) is 30.0 Å². The summed E-state index contributed by atoms with van der Waals surface area (Å²) in [5.74, 6) is -1.38. The fourth-order valence-corrected chi connectivity index (χ4v) is 6.88. The smallest absolute Gasteiger partial charge is 0.302 e. The monoisotopic (exact) mass is 591 g/mol. The number of fused-ring (bicyclic) bond motifs is 1. The minimum Gasteiger partial charge on any atom is -0.543 e. The number of carbonyl (C=O) groups excluding carboxylic acids is 3. The minimum atomic E-state index is -1.41. The average Bonchev–Trinajstić information content (AvgIpc) is 3.29. The van der Waals surface area contributed by atoms with Gasteiger partial charge in [0.2, 0.25) is 17.5 Å². The Morgan fingerprint density at radius 2 is 2.21 bits per heavy atom. The number of thioether (sulfide) groups is 2. The minimum absolute atomic E-state index is 0.0715. The maximum atomic E-state index is 13.2. The highest BCUT2D eigenvalue weighted by Crippen LogP contribution is 2.40. The van der Waals surface area contributed by atoms with E-state index in [1.165, 1.54) is 33.4 Å². The molecule has 0 bridgehead atoms. The van der Waals surface area contributed by atoms with Gasteiger partial charge in [0.25, 0.3) is 5.91 Å². The number of amides is 2. The molecule has 2 amide bonds. The zero-order chi connectivity index (χ0) is 28.3. The molecule has 2 aliphatic heterocycles. The first-order chi connectivity index (χ1) is 18.6. The molecule has 2 aliphatic rings. The van der Waals surface area contributed by atoms with E-state index in [0.29, 0.717) is 22.9 Å². The number of carboxylic acid groups (broad SMARTS) is 1. The number of hydrogen-bond acceptors (Lipinski definition) is 14. The lowest BCUT2D eigenvalue weighted by Gasteiger charge is -2.45. The van der Waals surface area contributed by atoms with Crippen molar-refractivity contribution in [3.63, 3.8) is 0 Å². The van der Waals surface area contributed by atoms with Gasteiger partial charge in [0.05, 0.1) is 29.5 Å². The van der Waals surface area contributed by atoms with Gasteiger partial charge in [0.1, 0.15) is 12.3 Å². The fraction of sp³-hybridized carbons (Fsp3) is 0.318. The number of thiazole rings is 1. The van der Waals surface area contributed by atoms with E-state index in [-0.39, 0.29) is 57.5 Å². The molecule has 206 valence electrons. The number of anilines is 3. The number of carbonyl (C=O) groups is 3. The normalized spacial score (nSPS) is 17.8. The summed E-state index contributed by atoms with van der Waals surface area (Å²) in [5, 5.41) is 20.5. The predicted molar refractivity (Wildman–Crippen MR) is 146 cm³/mol. The molecule has 0 saturated carbocycles. The maximum Gasteiger partial charge on any atom is 0.302 e. The van der Waals surface area contributed by atoms with Gasteiger partial charge < -0.3 is 37.3 Å². The van der Waals surface area contributed by atoms with E-state index in [9.17, 15) is 19.5 Å². The molecule has 14 nitrogen and oxygen atoms in total. The third-order valence-electron chi connectivity index (χ3n) is 5.56. The van der Waals surface area contributed by atoms with Gasteiger partial charge in [-0.2, -0.15) is 0 Å². The quantitative estimate of drug-likeness (QED) is 0.0369. The number of nitrogen functional groups attached to an aromatic ring is 3. The lowest BCUT2D eigenvalue weighted by Crippen LogP contribution is -2.56. The van der Waals surface area contributed by atoms with E-state index >= 15 is 0 Å². The number of carboxylic acids is 1. The van der Waals surface area contributed by atoms with Gasteiger partial charge in [-0.05, 0) is 24.3 Å². The highest BCUT2D eigenvalue weighted by Gasteiger charge is 2.43. The summed E-state index contributed by atoms with van der Waals surface area (Å²) in [5.41, 5.74) is 18.4. The topological polar surface area (TPSA) is 219 Å². The van der Waals surface area contributed by atoms with Crippen molar-refractivity contribution in [2.75, 3.05) is 35.3 Å². The highest BCUT2D eigenvalue weighted by atomic mass is 32.2. The Balaban J connectivity index is 1.58. The zero-order valence-corrected chi connectivity index (χ0v) is 23.1. The van der Waals surface area contributed by atoms with Gasteiger partial charge in [-0.25, -0.2) is 9.55 Å². The van der Waals surface area contributed by atoms with Crippen molar-refractivity contribution >= 4 is 75.1 Å². The molecule has 4 rings (SSSR count). The van der Waals surface area contributed by atoms with Crippen molar-refractivity contribution in [1.82, 2.24) is 20.2 Å². The van der Waals surface area contributed by atoms with Crippen LogP contribution in [0.15, 0.2) is 45.7 Å². The average molecular weight is 592 g/mol. The summed E-state index contributed by atoms with van der Waals surface area (Å²) in [7, 11) is 0. The molecule has 0 radical (unpaired) electrons. The van der Waals surface area contributed by atoms with Crippen LogP contribution >= 0.6 is 34.9 Å². The Hall–Kier alpha value is -3.83. The fourth-order valence-electron chi connectivity index (χ4n) is 3.83. The Morgan fingerprint density at radius 1 is 1.44 bits per heavy atom. The van der Waals surface area contributed by atoms with Crippen LogP contribution in [-0.2, 0) is 19.2 Å². The molecule has 2 atom stereocenters. The SMILES string of the molecule is C=CCO/N=C(\C(=O)NC(C)[n+]1c(N)cc(N)nc1SCC1=C(C(=O)[O-])N2C(=O)CC2SC1)c1csc(N)n1. The van der Waals surface area contributed by atoms with E-state index in [1.807, 2.05) is 0 Å². The standard InChI is InChI=1S/C22H25N9O5S3/c1-3-4-36-29-17(12-9-38-21(25)27-12)19(33)26-10(2)30-14(24)5-13(23)28-22(30)39-8-11-7-37-16-6-15(32)31(16)18(11)20(34)35/h3,5,9-10,16H,1,4,6-8H2,2H3,(H7,23,24,25,26,27,33,34,35)/b29-17-. The van der Waals surface area contributed by atoms with Crippen molar-refractivity contribution in [1.29, 1.82) is 0 Å². The Bertz CT molecular complexity index is 1390. The Labute approximate surface area is 235 Å². The Kier molecular flexibility index (Phi) is 8.61. The molecule has 39 heavy (non-hydrogen) atoms. The van der Waals surface area contributed by atoms with Gasteiger partial charge in [-0.1, -0.05) is 22.8 Å². The second-order valence-corrected chi connectivity index (χ2v) is 11.3. The molecular formula is C22H25N9O5S3. The number of aromatic nitrogens is 3. The third kappa shape index (κ3) is 6.10. The van der Waals surface area contributed by atoms with Gasteiger partial charge in [-0.3, -0.25) is 14.5 Å². The van der Waals surface area contributed by atoms with Crippen LogP contribution in [0.1, 0.15) is 25.2 Å². The summed E-state index contributed by atoms with van der Waals surface area (Å²) in [6.07, 6.45) is 1.01. The van der Waals surface area contributed by atoms with E-state index in [4.69, 9.17) is 22.0 Å². The third-order valence-corrected chi connectivity index (χ3v) is 8.55. The van der Waals surface area contributed by atoms with Crippen molar-refractivity contribution in [2.24, 2.45) is 5.16 Å². The number of hydrogen-bond donors (Lipinski definition) is 4. The number of nitrogens with one attached hydrogen (secondary N) is 1. The molecule has 2 aromatic heterocycles. The van der Waals surface area contributed by atoms with E-state index in [1.54, 1.807) is 12.3 Å². The predicted octanol–water partition coefficient (Wildman–Crippen LogP) is -0.785. The maximum absolute atomic E-state index is 13.2. The lowest BCUT2D eigenvalue weighted by molar-refractivity contribution is -0.747. The van der Waals surface area contributed by atoms with Gasteiger partial charge in [0.15, 0.2) is 17.0 Å². The summed E-state index contributed by atoms with van der Waals surface area (Å²) in [4.78, 5) is 51.9. The second kappa shape index (κ2) is 11.9. The molecule has 17 heteroatoms. The summed E-state index contributed by atoms with van der Waals surface area (Å²) in [6, 6.07) is 1.43. The largest absolute Gasteiger partial charge is 0.543 e. The van der Waals surface area contributed by atoms with E-state index < -0.39 is 18.0 Å². The number of nitrogens with zero attached hydrogens (tertiary/aromatic N) is 5. The summed E-state index contributed by atoms with van der Waals surface area (Å²) < 4.78 is 1.53. The van der Waals surface area contributed by atoms with Crippen LogP contribution in [-0.4, -0.2) is 61.8 Å². The van der Waals surface area contributed by atoms with Crippen molar-refractivity contribution in [3.05, 3.63) is 41.1 Å². The van der Waals surface area contributed by atoms with Crippen molar-refractivity contribution < 1.29 is 28.9 Å². The molecule has 0 aromatic carbocycles. The van der Waals surface area contributed by atoms with Gasteiger partial charge in [0, 0.05) is 16.9 Å². The highest BCUT2D eigenvalue weighted by molar-refractivity contribution is 8.00. The number of oxime groups is 1. The van der Waals surface area contributed by atoms with Crippen LogP contribution < -0.4 is 32.2 Å². The van der Waals surface area contributed by atoms with Crippen LogP contribution in [0.2, 0.25) is 0 Å². The number of aliphatic carboxylic acids is 1. The zero-order valence-electron chi connectivity index (χ0n) is 20.7. The van der Waals surface area contributed by atoms with Crippen LogP contribution in [0.4, 0.5) is 16.8 Å². The van der Waals surface area contributed by atoms with E-state index in [2.05, 4.69) is 27.0 Å². The van der Waals surface area contributed by atoms with Crippen LogP contribution in [0.5, 0.6) is 0 Å². The first-order valence-corrected chi connectivity index (χ1v) is 14.3. The lowest BCUT2D eigenvalue weighted by atomic mass is 10.1. The number of rotatable bonds is 11. The van der Waals surface area contributed by atoms with Gasteiger partial charge in [-0.15, -0.1) is 23.1 Å². The molecule has 7 N–H and O–H groups in total. The van der Waals surface area contributed by atoms with Crippen LogP contribution in [0, 0.1) is 0 Å². The first kappa shape index (κ1) is 28.2. The molecule has 1 fully saturated rings. The molecule has 2 unspecified atom stereocenters. The second-order valence-electron chi connectivity index (χ2n) is 8.27. The molecular weight excluding hydrogens is 567 g/mol. The van der Waals surface area contributed by atoms with Crippen molar-refractivity contribution in [3.8, 4) is 0 Å².